The van der Waals surface area contributed by atoms with Crippen molar-refractivity contribution >= 4 is 5.97 Å². The molecule has 0 heterocycles. The molecule has 0 spiro atoms. The molecule has 1 aromatic rings. The van der Waals surface area contributed by atoms with Gasteiger partial charge in [-0.1, -0.05) is 18.2 Å². The Balaban J connectivity index is 1.98. The van der Waals surface area contributed by atoms with Gasteiger partial charge in [0.15, 0.2) is 0 Å². The summed E-state index contributed by atoms with van der Waals surface area (Å²) in [5.74, 6) is 0.661. The van der Waals surface area contributed by atoms with Crippen molar-refractivity contribution in [3.8, 4) is 5.75 Å². The first kappa shape index (κ1) is 12.5. The van der Waals surface area contributed by atoms with E-state index in [1.54, 1.807) is 0 Å². The van der Waals surface area contributed by atoms with Crippen LogP contribution in [0.4, 0.5) is 0 Å². The van der Waals surface area contributed by atoms with E-state index in [1.807, 2.05) is 30.3 Å². The van der Waals surface area contributed by atoms with Gasteiger partial charge in [0.1, 0.15) is 12.4 Å². The van der Waals surface area contributed by atoms with Crippen molar-refractivity contribution in [2.75, 3.05) is 26.8 Å². The van der Waals surface area contributed by atoms with E-state index < -0.39 is 0 Å². The van der Waals surface area contributed by atoms with Gasteiger partial charge >= 0.3 is 5.97 Å². The number of para-hydroxylation sites is 1. The topological polar surface area (TPSA) is 47.6 Å². The Labute approximate surface area is 95.6 Å². The van der Waals surface area contributed by atoms with Gasteiger partial charge < -0.3 is 14.8 Å². The summed E-state index contributed by atoms with van der Waals surface area (Å²) in [6, 6.07) is 9.63. The van der Waals surface area contributed by atoms with E-state index in [2.05, 4.69) is 10.1 Å². The number of nitrogens with one attached hydrogen (secondary N) is 1. The molecule has 0 fully saturated rings. The maximum Gasteiger partial charge on any atom is 0.306 e. The van der Waals surface area contributed by atoms with Crippen molar-refractivity contribution in [3.05, 3.63) is 30.3 Å². The third kappa shape index (κ3) is 5.36. The lowest BCUT2D eigenvalue weighted by molar-refractivity contribution is -0.140. The van der Waals surface area contributed by atoms with Crippen LogP contribution in [0.25, 0.3) is 0 Å². The molecule has 0 unspecified atom stereocenters. The minimum atomic E-state index is -0.198. The molecule has 88 valence electrons. The lowest BCUT2D eigenvalue weighted by Crippen LogP contribution is -2.24. The number of carbonyl (C=O) groups is 1. The first-order chi connectivity index (χ1) is 7.83. The van der Waals surface area contributed by atoms with Crippen LogP contribution in [0, 0.1) is 0 Å². The lowest BCUT2D eigenvalue weighted by atomic mass is 10.3. The van der Waals surface area contributed by atoms with Crippen molar-refractivity contribution in [1.29, 1.82) is 0 Å². The van der Waals surface area contributed by atoms with Crippen molar-refractivity contribution in [3.63, 3.8) is 0 Å². The number of hydrogen-bond donors (Lipinski definition) is 1. The van der Waals surface area contributed by atoms with E-state index in [0.717, 1.165) is 5.75 Å². The van der Waals surface area contributed by atoms with E-state index in [9.17, 15) is 4.79 Å². The molecule has 0 aliphatic carbocycles. The van der Waals surface area contributed by atoms with Crippen LogP contribution in [0.3, 0.4) is 0 Å². The number of methoxy groups -OCH3 is 1. The number of rotatable bonds is 7. The number of hydrogen-bond acceptors (Lipinski definition) is 4. The second-order valence-corrected chi connectivity index (χ2v) is 3.24. The Kier molecular flexibility index (Phi) is 6.03. The molecule has 0 aliphatic rings. The number of ether oxygens (including phenoxy) is 2. The Morgan fingerprint density at radius 3 is 2.69 bits per heavy atom. The van der Waals surface area contributed by atoms with Crippen LogP contribution in [-0.4, -0.2) is 32.8 Å². The standard InChI is InChI=1S/C12H17NO3/c1-15-12(14)7-8-13-9-10-16-11-5-3-2-4-6-11/h2-6,13H,7-10H2,1H3. The normalized spacial score (nSPS) is 9.81. The SMILES string of the molecule is COC(=O)CCNCCOc1ccccc1. The van der Waals surface area contributed by atoms with E-state index in [-0.39, 0.29) is 5.97 Å². The fourth-order valence-electron chi connectivity index (χ4n) is 1.18. The molecule has 0 radical (unpaired) electrons. The number of esters is 1. The molecule has 0 amide bonds. The molecule has 0 bridgehead atoms. The first-order valence-corrected chi connectivity index (χ1v) is 5.28. The minimum Gasteiger partial charge on any atom is -0.492 e. The molecule has 0 saturated carbocycles. The van der Waals surface area contributed by atoms with Gasteiger partial charge in [-0.05, 0) is 12.1 Å². The molecule has 0 aliphatic heterocycles. The van der Waals surface area contributed by atoms with E-state index in [4.69, 9.17) is 4.74 Å². The summed E-state index contributed by atoms with van der Waals surface area (Å²) >= 11 is 0. The Morgan fingerprint density at radius 2 is 2.00 bits per heavy atom. The van der Waals surface area contributed by atoms with Crippen LogP contribution in [0.2, 0.25) is 0 Å². The fourth-order valence-corrected chi connectivity index (χ4v) is 1.18. The molecular weight excluding hydrogens is 206 g/mol. The van der Waals surface area contributed by atoms with E-state index in [0.29, 0.717) is 26.1 Å². The lowest BCUT2D eigenvalue weighted by Gasteiger charge is -2.06. The van der Waals surface area contributed by atoms with Crippen molar-refractivity contribution in [1.82, 2.24) is 5.32 Å². The number of carbonyl (C=O) groups excluding carboxylic acids is 1. The molecule has 4 nitrogen and oxygen atoms in total. The second kappa shape index (κ2) is 7.70. The monoisotopic (exact) mass is 223 g/mol. The van der Waals surface area contributed by atoms with Crippen LogP contribution >= 0.6 is 0 Å². The van der Waals surface area contributed by atoms with Gasteiger partial charge in [-0.25, -0.2) is 0 Å². The minimum absolute atomic E-state index is 0.198. The summed E-state index contributed by atoms with van der Waals surface area (Å²) in [7, 11) is 1.39. The third-order valence-electron chi connectivity index (χ3n) is 2.02. The maximum atomic E-state index is 10.8. The molecule has 0 aromatic heterocycles. The molecule has 0 atom stereocenters. The molecular formula is C12H17NO3. The van der Waals surface area contributed by atoms with Crippen LogP contribution in [0.1, 0.15) is 6.42 Å². The largest absolute Gasteiger partial charge is 0.492 e. The highest BCUT2D eigenvalue weighted by Crippen LogP contribution is 2.07. The summed E-state index contributed by atoms with van der Waals surface area (Å²) in [6.45, 7) is 1.92. The zero-order valence-corrected chi connectivity index (χ0v) is 9.44. The molecule has 1 aromatic carbocycles. The molecule has 16 heavy (non-hydrogen) atoms. The Morgan fingerprint density at radius 1 is 1.25 bits per heavy atom. The smallest absolute Gasteiger partial charge is 0.306 e. The van der Waals surface area contributed by atoms with Gasteiger partial charge in [0.05, 0.1) is 13.5 Å². The summed E-state index contributed by atoms with van der Waals surface area (Å²) in [5.41, 5.74) is 0. The van der Waals surface area contributed by atoms with E-state index >= 15 is 0 Å². The summed E-state index contributed by atoms with van der Waals surface area (Å²) < 4.78 is 9.98. The van der Waals surface area contributed by atoms with Crippen LogP contribution in [-0.2, 0) is 9.53 Å². The summed E-state index contributed by atoms with van der Waals surface area (Å²) in [6.07, 6.45) is 0.391. The molecule has 1 rings (SSSR count). The predicted octanol–water partition coefficient (Wildman–Crippen LogP) is 1.22. The zero-order chi connectivity index (χ0) is 11.6. The summed E-state index contributed by atoms with van der Waals surface area (Å²) in [4.78, 5) is 10.8. The number of benzene rings is 1. The van der Waals surface area contributed by atoms with E-state index in [1.165, 1.54) is 7.11 Å². The molecule has 0 saturated heterocycles. The molecule has 1 N–H and O–H groups in total. The zero-order valence-electron chi connectivity index (χ0n) is 9.44. The predicted molar refractivity (Wildman–Crippen MR) is 61.4 cm³/mol. The van der Waals surface area contributed by atoms with Gasteiger partial charge in [0.2, 0.25) is 0 Å². The van der Waals surface area contributed by atoms with Crippen LogP contribution < -0.4 is 10.1 Å². The van der Waals surface area contributed by atoms with Crippen molar-refractivity contribution < 1.29 is 14.3 Å². The van der Waals surface area contributed by atoms with Gasteiger partial charge in [-0.15, -0.1) is 0 Å². The average Bonchev–Trinajstić information content (AvgIpc) is 2.34. The van der Waals surface area contributed by atoms with Gasteiger partial charge in [0.25, 0.3) is 0 Å². The van der Waals surface area contributed by atoms with Crippen LogP contribution in [0.15, 0.2) is 30.3 Å². The van der Waals surface area contributed by atoms with Crippen LogP contribution in [0.5, 0.6) is 5.75 Å². The summed E-state index contributed by atoms with van der Waals surface area (Å²) in [5, 5.41) is 3.10. The fraction of sp³-hybridized carbons (Fsp3) is 0.417. The highest BCUT2D eigenvalue weighted by molar-refractivity contribution is 5.69. The Bertz CT molecular complexity index is 300. The van der Waals surface area contributed by atoms with Crippen molar-refractivity contribution in [2.24, 2.45) is 0 Å². The van der Waals surface area contributed by atoms with Gasteiger partial charge in [-0.3, -0.25) is 4.79 Å². The van der Waals surface area contributed by atoms with Gasteiger partial charge in [-0.2, -0.15) is 0 Å². The highest BCUT2D eigenvalue weighted by atomic mass is 16.5. The third-order valence-corrected chi connectivity index (χ3v) is 2.02. The first-order valence-electron chi connectivity index (χ1n) is 5.28. The second-order valence-electron chi connectivity index (χ2n) is 3.24. The molecule has 4 heteroatoms. The van der Waals surface area contributed by atoms with Gasteiger partial charge in [0, 0.05) is 13.1 Å². The average molecular weight is 223 g/mol. The van der Waals surface area contributed by atoms with Crippen molar-refractivity contribution in [2.45, 2.75) is 6.42 Å². The maximum absolute atomic E-state index is 10.8. The quantitative estimate of drug-likeness (QED) is 0.557. The Hall–Kier alpha value is -1.55. The highest BCUT2D eigenvalue weighted by Gasteiger charge is 1.98.